The standard InChI is InChI=1S/C13H10N2O2.CH4N2O2/c1-15-10-7-6-8-4-2-3-5-9(8)11(10)14-12(16)13(15)17;2-1(4)3-5/h2-7H,1H3,(H,14,16);5H,(H3,2,3,4). The van der Waals surface area contributed by atoms with Gasteiger partial charge in [0, 0.05) is 12.4 Å². The third kappa shape index (κ3) is 2.81. The Morgan fingerprint density at radius 3 is 2.50 bits per heavy atom. The minimum absolute atomic E-state index is 0.534. The Balaban J connectivity index is 0.000000309. The van der Waals surface area contributed by atoms with Crippen molar-refractivity contribution in [2.45, 2.75) is 0 Å². The van der Waals surface area contributed by atoms with Gasteiger partial charge >= 0.3 is 17.1 Å². The first-order chi connectivity index (χ1) is 10.5. The molecule has 1 heterocycles. The Kier molecular flexibility index (Phi) is 4.23. The molecule has 3 rings (SSSR count). The number of aromatic amines is 1. The van der Waals surface area contributed by atoms with Gasteiger partial charge in [-0.2, -0.15) is 0 Å². The van der Waals surface area contributed by atoms with Crippen LogP contribution in [0.1, 0.15) is 0 Å². The summed E-state index contributed by atoms with van der Waals surface area (Å²) in [5, 5.41) is 9.40. The van der Waals surface area contributed by atoms with E-state index in [1.807, 2.05) is 36.4 Å². The minimum atomic E-state index is -0.940. The van der Waals surface area contributed by atoms with Crippen LogP contribution in [0.15, 0.2) is 46.0 Å². The first kappa shape index (κ1) is 15.3. The maximum absolute atomic E-state index is 11.5. The molecule has 0 unspecified atom stereocenters. The molecule has 8 heteroatoms. The number of benzene rings is 2. The second kappa shape index (κ2) is 6.10. The summed E-state index contributed by atoms with van der Waals surface area (Å²) in [6.07, 6.45) is 0. The number of hydroxylamine groups is 1. The van der Waals surface area contributed by atoms with Crippen molar-refractivity contribution in [3.05, 3.63) is 57.1 Å². The van der Waals surface area contributed by atoms with Crippen molar-refractivity contribution in [1.29, 1.82) is 0 Å². The van der Waals surface area contributed by atoms with Gasteiger partial charge in [-0.3, -0.25) is 14.8 Å². The van der Waals surface area contributed by atoms with Gasteiger partial charge in [-0.15, -0.1) is 0 Å². The van der Waals surface area contributed by atoms with Crippen molar-refractivity contribution in [2.24, 2.45) is 12.8 Å². The fourth-order valence-electron chi connectivity index (χ4n) is 2.10. The Morgan fingerprint density at radius 2 is 1.86 bits per heavy atom. The van der Waals surface area contributed by atoms with Crippen molar-refractivity contribution in [3.63, 3.8) is 0 Å². The van der Waals surface area contributed by atoms with Gasteiger partial charge in [0.15, 0.2) is 0 Å². The molecule has 2 aromatic carbocycles. The Labute approximate surface area is 123 Å². The molecule has 0 atom stereocenters. The summed E-state index contributed by atoms with van der Waals surface area (Å²) in [5.74, 6) is 0. The molecule has 3 aromatic rings. The molecule has 0 saturated carbocycles. The highest BCUT2D eigenvalue weighted by atomic mass is 16.5. The van der Waals surface area contributed by atoms with Crippen LogP contribution in [0, 0.1) is 0 Å². The van der Waals surface area contributed by atoms with Crippen LogP contribution in [0.25, 0.3) is 21.8 Å². The number of nitrogens with zero attached hydrogens (tertiary/aromatic N) is 1. The predicted octanol–water partition coefficient (Wildman–Crippen LogP) is 0.424. The Hall–Kier alpha value is -3.13. The lowest BCUT2D eigenvalue weighted by Gasteiger charge is -2.06. The van der Waals surface area contributed by atoms with E-state index in [1.165, 1.54) is 10.0 Å². The predicted molar refractivity (Wildman–Crippen MR) is 81.8 cm³/mol. The van der Waals surface area contributed by atoms with Crippen molar-refractivity contribution < 1.29 is 10.0 Å². The van der Waals surface area contributed by atoms with Gasteiger partial charge in [0.25, 0.3) is 0 Å². The summed E-state index contributed by atoms with van der Waals surface area (Å²) in [5.41, 5.74) is 5.77. The molecule has 0 saturated heterocycles. The number of aromatic nitrogens is 2. The topological polar surface area (TPSA) is 130 Å². The van der Waals surface area contributed by atoms with E-state index in [0.29, 0.717) is 5.52 Å². The zero-order chi connectivity index (χ0) is 16.3. The summed E-state index contributed by atoms with van der Waals surface area (Å²) >= 11 is 0. The Morgan fingerprint density at radius 1 is 1.23 bits per heavy atom. The van der Waals surface area contributed by atoms with Crippen molar-refractivity contribution in [2.75, 3.05) is 0 Å². The van der Waals surface area contributed by atoms with Crippen molar-refractivity contribution >= 4 is 27.8 Å². The summed E-state index contributed by atoms with van der Waals surface area (Å²) in [4.78, 5) is 34.9. The highest BCUT2D eigenvalue weighted by molar-refractivity contribution is 6.03. The molecule has 114 valence electrons. The van der Waals surface area contributed by atoms with Crippen LogP contribution in [0.2, 0.25) is 0 Å². The van der Waals surface area contributed by atoms with Crippen molar-refractivity contribution in [1.82, 2.24) is 15.0 Å². The molecular formula is C14H14N4O4. The molecule has 1 aromatic heterocycles. The number of nitrogens with one attached hydrogen (secondary N) is 2. The SMILES string of the molecule is Cn1c(=O)c(=O)[nH]c2c3ccccc3ccc21.NC(=O)NO. The number of primary amides is 1. The monoisotopic (exact) mass is 302 g/mol. The number of hydrogen-bond acceptors (Lipinski definition) is 4. The lowest BCUT2D eigenvalue weighted by atomic mass is 10.1. The number of H-pyrrole nitrogens is 1. The number of carbonyl (C=O) groups is 1. The molecule has 0 spiro atoms. The molecule has 2 amide bonds. The summed E-state index contributed by atoms with van der Waals surface area (Å²) in [6.45, 7) is 0. The second-order valence-electron chi connectivity index (χ2n) is 4.48. The van der Waals surface area contributed by atoms with Crippen LogP contribution >= 0.6 is 0 Å². The number of aryl methyl sites for hydroxylation is 1. The highest BCUT2D eigenvalue weighted by Gasteiger charge is 2.06. The third-order valence-corrected chi connectivity index (χ3v) is 3.12. The van der Waals surface area contributed by atoms with E-state index in [2.05, 4.69) is 10.7 Å². The van der Waals surface area contributed by atoms with Crippen LogP contribution in [0.3, 0.4) is 0 Å². The highest BCUT2D eigenvalue weighted by Crippen LogP contribution is 2.21. The van der Waals surface area contributed by atoms with E-state index >= 15 is 0 Å². The van der Waals surface area contributed by atoms with Gasteiger partial charge < -0.3 is 15.3 Å². The lowest BCUT2D eigenvalue weighted by molar-refractivity contribution is 0.169. The van der Waals surface area contributed by atoms with Crippen LogP contribution in [-0.2, 0) is 7.05 Å². The van der Waals surface area contributed by atoms with Gasteiger partial charge in [-0.25, -0.2) is 10.3 Å². The fraction of sp³-hybridized carbons (Fsp3) is 0.0714. The summed E-state index contributed by atoms with van der Waals surface area (Å²) in [6, 6.07) is 10.6. The fourth-order valence-corrected chi connectivity index (χ4v) is 2.10. The van der Waals surface area contributed by atoms with E-state index in [4.69, 9.17) is 5.21 Å². The molecule has 22 heavy (non-hydrogen) atoms. The zero-order valence-electron chi connectivity index (χ0n) is 11.7. The van der Waals surface area contributed by atoms with Crippen molar-refractivity contribution in [3.8, 4) is 0 Å². The maximum Gasteiger partial charge on any atom is 0.335 e. The number of urea groups is 1. The average Bonchev–Trinajstić information content (AvgIpc) is 2.53. The number of carbonyl (C=O) groups excluding carboxylic acids is 1. The van der Waals surface area contributed by atoms with Crippen LogP contribution in [0.4, 0.5) is 4.79 Å². The maximum atomic E-state index is 11.5. The molecule has 0 aliphatic carbocycles. The Bertz CT molecular complexity index is 958. The van der Waals surface area contributed by atoms with Crippen LogP contribution in [-0.4, -0.2) is 20.8 Å². The van der Waals surface area contributed by atoms with E-state index in [0.717, 1.165) is 16.3 Å². The van der Waals surface area contributed by atoms with E-state index in [1.54, 1.807) is 7.05 Å². The smallest absolute Gasteiger partial charge is 0.335 e. The lowest BCUT2D eigenvalue weighted by Crippen LogP contribution is -2.34. The van der Waals surface area contributed by atoms with Gasteiger partial charge in [0.05, 0.1) is 11.0 Å². The first-order valence-corrected chi connectivity index (χ1v) is 6.26. The molecule has 5 N–H and O–H groups in total. The van der Waals surface area contributed by atoms with Crippen LogP contribution in [0.5, 0.6) is 0 Å². The minimum Gasteiger partial charge on any atom is -0.350 e. The molecule has 0 bridgehead atoms. The summed E-state index contributed by atoms with van der Waals surface area (Å²) < 4.78 is 1.38. The second-order valence-corrected chi connectivity index (χ2v) is 4.48. The van der Waals surface area contributed by atoms with Gasteiger partial charge in [0.2, 0.25) is 0 Å². The molecule has 0 aliphatic rings. The van der Waals surface area contributed by atoms with Crippen LogP contribution < -0.4 is 22.3 Å². The quantitative estimate of drug-likeness (QED) is 0.207. The zero-order valence-corrected chi connectivity index (χ0v) is 11.7. The van der Waals surface area contributed by atoms with Gasteiger partial charge in [-0.05, 0) is 11.5 Å². The van der Waals surface area contributed by atoms with Gasteiger partial charge in [0.1, 0.15) is 0 Å². The van der Waals surface area contributed by atoms with E-state index in [9.17, 15) is 14.4 Å². The molecule has 0 aliphatic heterocycles. The number of nitrogens with two attached hydrogens (primary N) is 1. The number of rotatable bonds is 0. The first-order valence-electron chi connectivity index (χ1n) is 6.26. The summed E-state index contributed by atoms with van der Waals surface area (Å²) in [7, 11) is 1.61. The largest absolute Gasteiger partial charge is 0.350 e. The average molecular weight is 302 g/mol. The molecule has 0 fully saturated rings. The molecule has 8 nitrogen and oxygen atoms in total. The number of fused-ring (bicyclic) bond motifs is 3. The molecular weight excluding hydrogens is 288 g/mol. The van der Waals surface area contributed by atoms with E-state index < -0.39 is 17.1 Å². The number of amides is 2. The third-order valence-electron chi connectivity index (χ3n) is 3.12. The normalized spacial score (nSPS) is 10.1. The number of hydrogen-bond donors (Lipinski definition) is 4. The molecule has 0 radical (unpaired) electrons. The van der Waals surface area contributed by atoms with E-state index in [-0.39, 0.29) is 0 Å². The van der Waals surface area contributed by atoms with Gasteiger partial charge in [-0.1, -0.05) is 30.3 Å².